The molecule has 2 N–H and O–H groups in total. The lowest BCUT2D eigenvalue weighted by atomic mass is 10.2. The second kappa shape index (κ2) is 5.67. The van der Waals surface area contributed by atoms with E-state index in [9.17, 15) is 0 Å². The number of aryl methyl sites for hydroxylation is 1. The van der Waals surface area contributed by atoms with E-state index in [2.05, 4.69) is 26.4 Å². The number of pyridine rings is 1. The molecule has 3 heterocycles. The topological polar surface area (TPSA) is 58.0 Å². The van der Waals surface area contributed by atoms with Crippen LogP contribution in [-0.4, -0.2) is 26.1 Å². The number of rotatable bonds is 6. The minimum Gasteiger partial charge on any atom is -0.349 e. The zero-order valence-electron chi connectivity index (χ0n) is 10.7. The zero-order chi connectivity index (χ0) is 12.9. The van der Waals surface area contributed by atoms with Crippen molar-refractivity contribution < 1.29 is 0 Å². The Morgan fingerprint density at radius 3 is 3.21 bits per heavy atom. The molecule has 3 aromatic heterocycles. The molecular weight excluding hydrogens is 238 g/mol. The van der Waals surface area contributed by atoms with Crippen molar-refractivity contribution >= 4 is 5.52 Å². The number of fused-ring (bicyclic) bond motifs is 1. The molecule has 0 aromatic carbocycles. The van der Waals surface area contributed by atoms with Crippen molar-refractivity contribution in [2.24, 2.45) is 0 Å². The van der Waals surface area contributed by atoms with Gasteiger partial charge in [0, 0.05) is 37.1 Å². The lowest BCUT2D eigenvalue weighted by Crippen LogP contribution is -2.15. The molecule has 0 saturated heterocycles. The largest absolute Gasteiger partial charge is 0.349 e. The van der Waals surface area contributed by atoms with Crippen molar-refractivity contribution in [2.75, 3.05) is 6.54 Å². The van der Waals surface area contributed by atoms with E-state index in [0.29, 0.717) is 0 Å². The average molecular weight is 255 g/mol. The van der Waals surface area contributed by atoms with E-state index in [1.54, 1.807) is 6.20 Å². The summed E-state index contributed by atoms with van der Waals surface area (Å²) in [5.41, 5.74) is 2.40. The highest BCUT2D eigenvalue weighted by Crippen LogP contribution is 2.09. The van der Waals surface area contributed by atoms with E-state index < -0.39 is 0 Å². The van der Waals surface area contributed by atoms with Crippen LogP contribution in [-0.2, 0) is 13.0 Å². The lowest BCUT2D eigenvalue weighted by molar-refractivity contribution is 0.643. The Morgan fingerprint density at radius 1 is 1.32 bits per heavy atom. The minimum atomic E-state index is 0.853. The van der Waals surface area contributed by atoms with Crippen LogP contribution >= 0.6 is 0 Å². The first-order valence-corrected chi connectivity index (χ1v) is 6.54. The number of H-pyrrole nitrogens is 1. The summed E-state index contributed by atoms with van der Waals surface area (Å²) in [6.07, 6.45) is 9.61. The molecule has 5 heteroatoms. The highest BCUT2D eigenvalue weighted by Gasteiger charge is 2.02. The highest BCUT2D eigenvalue weighted by atomic mass is 15.2. The van der Waals surface area contributed by atoms with Crippen LogP contribution < -0.4 is 5.32 Å². The lowest BCUT2D eigenvalue weighted by Gasteiger charge is -2.02. The quantitative estimate of drug-likeness (QED) is 0.660. The van der Waals surface area contributed by atoms with E-state index in [1.807, 2.05) is 35.2 Å². The standard InChI is InChI=1S/C14H17N5/c1-2-9-19-13(4-1)12(11-18-19)10-15-6-3-5-14-16-7-8-17-14/h1-2,4,7-9,11,15H,3,5-6,10H2,(H,16,17). The van der Waals surface area contributed by atoms with Gasteiger partial charge in [0.25, 0.3) is 0 Å². The summed E-state index contributed by atoms with van der Waals surface area (Å²) in [5.74, 6) is 1.05. The molecule has 98 valence electrons. The highest BCUT2D eigenvalue weighted by molar-refractivity contribution is 5.53. The first-order chi connectivity index (χ1) is 9.43. The number of nitrogens with one attached hydrogen (secondary N) is 2. The number of hydrogen-bond acceptors (Lipinski definition) is 3. The normalized spacial score (nSPS) is 11.2. The van der Waals surface area contributed by atoms with Crippen LogP contribution in [0.2, 0.25) is 0 Å². The van der Waals surface area contributed by atoms with Crippen LogP contribution in [0.5, 0.6) is 0 Å². The third kappa shape index (κ3) is 2.82. The summed E-state index contributed by atoms with van der Waals surface area (Å²) in [6, 6.07) is 6.12. The molecule has 0 radical (unpaired) electrons. The Morgan fingerprint density at radius 2 is 2.32 bits per heavy atom. The fraction of sp³-hybridized carbons (Fsp3) is 0.286. The van der Waals surface area contributed by atoms with Crippen LogP contribution in [0.3, 0.4) is 0 Å². The van der Waals surface area contributed by atoms with E-state index in [0.717, 1.165) is 31.8 Å². The molecule has 0 amide bonds. The fourth-order valence-corrected chi connectivity index (χ4v) is 2.16. The van der Waals surface area contributed by atoms with Gasteiger partial charge >= 0.3 is 0 Å². The average Bonchev–Trinajstić information content (AvgIpc) is 3.08. The van der Waals surface area contributed by atoms with Gasteiger partial charge in [-0.15, -0.1) is 0 Å². The minimum absolute atomic E-state index is 0.853. The number of nitrogens with zero attached hydrogens (tertiary/aromatic N) is 3. The third-order valence-electron chi connectivity index (χ3n) is 3.14. The summed E-state index contributed by atoms with van der Waals surface area (Å²) in [5, 5.41) is 7.77. The van der Waals surface area contributed by atoms with Gasteiger partial charge in [-0.25, -0.2) is 9.50 Å². The van der Waals surface area contributed by atoms with E-state index in [-0.39, 0.29) is 0 Å². The van der Waals surface area contributed by atoms with Crippen LogP contribution in [0.1, 0.15) is 17.8 Å². The van der Waals surface area contributed by atoms with Crippen molar-refractivity contribution in [3.63, 3.8) is 0 Å². The maximum atomic E-state index is 4.32. The van der Waals surface area contributed by atoms with Crippen molar-refractivity contribution in [1.82, 2.24) is 24.9 Å². The van der Waals surface area contributed by atoms with Gasteiger partial charge < -0.3 is 10.3 Å². The second-order valence-corrected chi connectivity index (χ2v) is 4.52. The van der Waals surface area contributed by atoms with Crippen molar-refractivity contribution in [3.05, 3.63) is 54.4 Å². The molecule has 0 aliphatic rings. The maximum Gasteiger partial charge on any atom is 0.106 e. The van der Waals surface area contributed by atoms with Gasteiger partial charge in [0.15, 0.2) is 0 Å². The van der Waals surface area contributed by atoms with E-state index in [1.165, 1.54) is 11.1 Å². The zero-order valence-corrected chi connectivity index (χ0v) is 10.7. The van der Waals surface area contributed by atoms with Crippen molar-refractivity contribution in [1.29, 1.82) is 0 Å². The third-order valence-corrected chi connectivity index (χ3v) is 3.14. The van der Waals surface area contributed by atoms with Gasteiger partial charge in [0.1, 0.15) is 5.82 Å². The molecule has 5 nitrogen and oxygen atoms in total. The summed E-state index contributed by atoms with van der Waals surface area (Å²) >= 11 is 0. The molecule has 0 aliphatic heterocycles. The molecule has 0 spiro atoms. The van der Waals surface area contributed by atoms with Crippen LogP contribution in [0.25, 0.3) is 5.52 Å². The maximum absolute atomic E-state index is 4.32. The number of hydrogen-bond donors (Lipinski definition) is 2. The predicted molar refractivity (Wildman–Crippen MR) is 73.8 cm³/mol. The first kappa shape index (κ1) is 11.9. The van der Waals surface area contributed by atoms with Gasteiger partial charge in [-0.2, -0.15) is 5.10 Å². The molecule has 0 aliphatic carbocycles. The van der Waals surface area contributed by atoms with Crippen molar-refractivity contribution in [2.45, 2.75) is 19.4 Å². The van der Waals surface area contributed by atoms with Crippen LogP contribution in [0.15, 0.2) is 43.0 Å². The van der Waals surface area contributed by atoms with Crippen LogP contribution in [0, 0.1) is 0 Å². The van der Waals surface area contributed by atoms with Gasteiger partial charge in [-0.3, -0.25) is 0 Å². The molecule has 0 atom stereocenters. The SMILES string of the molecule is c1ccn2ncc(CNCCCc3ncc[nH]3)c2c1. The molecule has 0 saturated carbocycles. The Labute approximate surface area is 111 Å². The molecule has 0 bridgehead atoms. The second-order valence-electron chi connectivity index (χ2n) is 4.52. The summed E-state index contributed by atoms with van der Waals surface area (Å²) < 4.78 is 1.90. The van der Waals surface area contributed by atoms with Crippen molar-refractivity contribution in [3.8, 4) is 0 Å². The Hall–Kier alpha value is -2.14. The Balaban J connectivity index is 1.47. The molecular formula is C14H17N5. The first-order valence-electron chi connectivity index (χ1n) is 6.54. The molecule has 0 unspecified atom stereocenters. The monoisotopic (exact) mass is 255 g/mol. The molecule has 3 rings (SSSR count). The van der Waals surface area contributed by atoms with Crippen LogP contribution in [0.4, 0.5) is 0 Å². The summed E-state index contributed by atoms with van der Waals surface area (Å²) in [4.78, 5) is 7.32. The smallest absolute Gasteiger partial charge is 0.106 e. The summed E-state index contributed by atoms with van der Waals surface area (Å²) in [6.45, 7) is 1.83. The molecule has 0 fully saturated rings. The van der Waals surface area contributed by atoms with Gasteiger partial charge in [-0.1, -0.05) is 6.07 Å². The number of aromatic amines is 1. The number of aromatic nitrogens is 4. The Bertz CT molecular complexity index is 626. The van der Waals surface area contributed by atoms with E-state index >= 15 is 0 Å². The predicted octanol–water partition coefficient (Wildman–Crippen LogP) is 1.78. The molecule has 19 heavy (non-hydrogen) atoms. The Kier molecular flexibility index (Phi) is 3.56. The van der Waals surface area contributed by atoms with Gasteiger partial charge in [0.05, 0.1) is 11.7 Å². The van der Waals surface area contributed by atoms with E-state index in [4.69, 9.17) is 0 Å². The molecule has 3 aromatic rings. The number of imidazole rings is 1. The summed E-state index contributed by atoms with van der Waals surface area (Å²) in [7, 11) is 0. The van der Waals surface area contributed by atoms with Gasteiger partial charge in [0.2, 0.25) is 0 Å². The van der Waals surface area contributed by atoms with Gasteiger partial charge in [-0.05, 0) is 25.1 Å². The fourth-order valence-electron chi connectivity index (χ4n) is 2.16.